The molecule has 1 aliphatic rings. The first kappa shape index (κ1) is 15.5. The minimum absolute atomic E-state index is 0.0221. The van der Waals surface area contributed by atoms with Gasteiger partial charge in [-0.2, -0.15) is 0 Å². The molecule has 2 heterocycles. The normalized spacial score (nSPS) is 15.5. The Morgan fingerprint density at radius 3 is 2.33 bits per heavy atom. The first-order chi connectivity index (χ1) is 11.4. The number of nitro groups is 1. The number of aromatic nitrogens is 1. The standard InChI is InChI=1S/C16H14N4O4/c1-9-7-11(8-14-15(21)18-16(22)17-14)10(2)19(9)12-3-5-13(6-4-12)20(23)24/h3-8H,1-2H3,(H2,17,18,21,22)/b14-8-. The van der Waals surface area contributed by atoms with Crippen LogP contribution in [-0.4, -0.2) is 21.4 Å². The van der Waals surface area contributed by atoms with Crippen molar-refractivity contribution in [2.24, 2.45) is 0 Å². The van der Waals surface area contributed by atoms with Crippen LogP contribution in [0.25, 0.3) is 11.8 Å². The topological polar surface area (TPSA) is 106 Å². The molecule has 0 unspecified atom stereocenters. The second kappa shape index (κ2) is 5.65. The number of nitro benzene ring substituents is 1. The molecule has 1 aromatic carbocycles. The lowest BCUT2D eigenvalue weighted by atomic mass is 10.2. The minimum atomic E-state index is -0.546. The van der Waals surface area contributed by atoms with Crippen molar-refractivity contribution >= 4 is 23.7 Å². The number of rotatable bonds is 3. The van der Waals surface area contributed by atoms with Gasteiger partial charge in [-0.15, -0.1) is 0 Å². The van der Waals surface area contributed by atoms with Crippen LogP contribution in [0.4, 0.5) is 10.5 Å². The van der Waals surface area contributed by atoms with Crippen LogP contribution in [0.3, 0.4) is 0 Å². The van der Waals surface area contributed by atoms with Gasteiger partial charge >= 0.3 is 6.03 Å². The summed E-state index contributed by atoms with van der Waals surface area (Å²) in [5, 5.41) is 15.3. The lowest BCUT2D eigenvalue weighted by molar-refractivity contribution is -0.384. The molecule has 8 nitrogen and oxygen atoms in total. The minimum Gasteiger partial charge on any atom is -0.318 e. The third kappa shape index (κ3) is 2.65. The molecule has 3 rings (SSSR count). The predicted octanol–water partition coefficient (Wildman–Crippen LogP) is 2.18. The Bertz CT molecular complexity index is 894. The molecule has 0 atom stereocenters. The molecule has 1 saturated heterocycles. The number of carbonyl (C=O) groups excluding carboxylic acids is 2. The van der Waals surface area contributed by atoms with Gasteiger partial charge in [0.15, 0.2) is 0 Å². The number of nitrogens with one attached hydrogen (secondary N) is 2. The monoisotopic (exact) mass is 326 g/mol. The summed E-state index contributed by atoms with van der Waals surface area (Å²) in [4.78, 5) is 33.1. The summed E-state index contributed by atoms with van der Waals surface area (Å²) in [6.45, 7) is 3.76. The van der Waals surface area contributed by atoms with E-state index in [2.05, 4.69) is 10.6 Å². The van der Waals surface area contributed by atoms with Crippen LogP contribution in [0.2, 0.25) is 0 Å². The second-order valence-electron chi connectivity index (χ2n) is 5.40. The third-order valence-electron chi connectivity index (χ3n) is 3.81. The number of aryl methyl sites for hydroxylation is 1. The van der Waals surface area contributed by atoms with E-state index in [0.717, 1.165) is 22.6 Å². The summed E-state index contributed by atoms with van der Waals surface area (Å²) < 4.78 is 1.92. The second-order valence-corrected chi connectivity index (χ2v) is 5.40. The van der Waals surface area contributed by atoms with Gasteiger partial charge in [0.25, 0.3) is 11.6 Å². The lowest BCUT2D eigenvalue weighted by Crippen LogP contribution is -2.22. The maximum atomic E-state index is 11.6. The molecule has 1 fully saturated rings. The van der Waals surface area contributed by atoms with Gasteiger partial charge in [0.2, 0.25) is 0 Å². The van der Waals surface area contributed by atoms with Crippen LogP contribution in [-0.2, 0) is 4.79 Å². The smallest absolute Gasteiger partial charge is 0.318 e. The van der Waals surface area contributed by atoms with E-state index >= 15 is 0 Å². The van der Waals surface area contributed by atoms with E-state index in [1.165, 1.54) is 12.1 Å². The molecule has 1 aromatic heterocycles. The highest BCUT2D eigenvalue weighted by Crippen LogP contribution is 2.24. The summed E-state index contributed by atoms with van der Waals surface area (Å²) in [6, 6.07) is 7.55. The number of amides is 3. The van der Waals surface area contributed by atoms with E-state index in [-0.39, 0.29) is 11.4 Å². The van der Waals surface area contributed by atoms with Crippen molar-refractivity contribution in [2.75, 3.05) is 0 Å². The van der Waals surface area contributed by atoms with Crippen LogP contribution in [0, 0.1) is 24.0 Å². The summed E-state index contributed by atoms with van der Waals surface area (Å²) in [5.74, 6) is -0.472. The molecule has 1 aliphatic heterocycles. The number of carbonyl (C=O) groups is 2. The van der Waals surface area contributed by atoms with Gasteiger partial charge in [-0.05, 0) is 43.7 Å². The first-order valence-electron chi connectivity index (χ1n) is 7.14. The van der Waals surface area contributed by atoms with Gasteiger partial charge in [0.05, 0.1) is 4.92 Å². The van der Waals surface area contributed by atoms with Gasteiger partial charge in [-0.1, -0.05) is 0 Å². The quantitative estimate of drug-likeness (QED) is 0.390. The molecule has 8 heteroatoms. The van der Waals surface area contributed by atoms with Crippen LogP contribution in [0.15, 0.2) is 36.0 Å². The van der Waals surface area contributed by atoms with Gasteiger partial charge in [-0.3, -0.25) is 20.2 Å². The Morgan fingerprint density at radius 1 is 1.12 bits per heavy atom. The maximum Gasteiger partial charge on any atom is 0.326 e. The molecular formula is C16H14N4O4. The first-order valence-corrected chi connectivity index (χ1v) is 7.14. The molecule has 0 bridgehead atoms. The summed E-state index contributed by atoms with van der Waals surface area (Å²) >= 11 is 0. The van der Waals surface area contributed by atoms with Gasteiger partial charge < -0.3 is 9.88 Å². The average molecular weight is 326 g/mol. The number of nitrogens with zero attached hydrogens (tertiary/aromatic N) is 2. The molecule has 0 spiro atoms. The van der Waals surface area contributed by atoms with E-state index in [0.29, 0.717) is 0 Å². The van der Waals surface area contributed by atoms with Crippen LogP contribution < -0.4 is 10.6 Å². The molecule has 2 aromatic rings. The molecule has 0 saturated carbocycles. The van der Waals surface area contributed by atoms with E-state index in [9.17, 15) is 19.7 Å². The highest BCUT2D eigenvalue weighted by molar-refractivity contribution is 6.14. The van der Waals surface area contributed by atoms with Gasteiger partial charge in [0, 0.05) is 29.2 Å². The fourth-order valence-electron chi connectivity index (χ4n) is 2.69. The number of non-ortho nitro benzene ring substituents is 1. The number of hydrogen-bond acceptors (Lipinski definition) is 4. The van der Waals surface area contributed by atoms with Crippen LogP contribution >= 0.6 is 0 Å². The van der Waals surface area contributed by atoms with Crippen molar-refractivity contribution < 1.29 is 14.5 Å². The van der Waals surface area contributed by atoms with Gasteiger partial charge in [0.1, 0.15) is 5.70 Å². The Balaban J connectivity index is 2.01. The van der Waals surface area contributed by atoms with Crippen molar-refractivity contribution in [3.63, 3.8) is 0 Å². The number of hydrogen-bond donors (Lipinski definition) is 2. The van der Waals surface area contributed by atoms with Crippen molar-refractivity contribution in [3.05, 3.63) is 63.1 Å². The Morgan fingerprint density at radius 2 is 1.79 bits per heavy atom. The Labute approximate surface area is 136 Å². The van der Waals surface area contributed by atoms with Crippen molar-refractivity contribution in [1.82, 2.24) is 15.2 Å². The summed E-state index contributed by atoms with van der Waals surface area (Å²) in [5.41, 5.74) is 3.51. The Kier molecular flexibility index (Phi) is 3.64. The SMILES string of the molecule is Cc1cc(/C=C2\NC(=O)NC2=O)c(C)n1-c1ccc([N+](=O)[O-])cc1. The molecule has 24 heavy (non-hydrogen) atoms. The van der Waals surface area contributed by atoms with E-state index in [1.54, 1.807) is 18.2 Å². The van der Waals surface area contributed by atoms with Crippen molar-refractivity contribution in [2.45, 2.75) is 13.8 Å². The van der Waals surface area contributed by atoms with E-state index in [4.69, 9.17) is 0 Å². The highest BCUT2D eigenvalue weighted by Gasteiger charge is 2.23. The molecule has 122 valence electrons. The summed E-state index contributed by atoms with van der Waals surface area (Å²) in [7, 11) is 0. The zero-order valence-corrected chi connectivity index (χ0v) is 13.0. The van der Waals surface area contributed by atoms with E-state index in [1.807, 2.05) is 24.5 Å². The number of benzene rings is 1. The third-order valence-corrected chi connectivity index (χ3v) is 3.81. The molecule has 0 radical (unpaired) electrons. The zero-order chi connectivity index (χ0) is 17.4. The number of imide groups is 1. The predicted molar refractivity (Wildman–Crippen MR) is 86.5 cm³/mol. The molecule has 2 N–H and O–H groups in total. The molecule has 3 amide bonds. The largest absolute Gasteiger partial charge is 0.326 e. The highest BCUT2D eigenvalue weighted by atomic mass is 16.6. The number of urea groups is 1. The van der Waals surface area contributed by atoms with Crippen LogP contribution in [0.1, 0.15) is 17.0 Å². The summed E-state index contributed by atoms with van der Waals surface area (Å²) in [6.07, 6.45) is 1.60. The van der Waals surface area contributed by atoms with Crippen molar-refractivity contribution in [1.29, 1.82) is 0 Å². The zero-order valence-electron chi connectivity index (χ0n) is 13.0. The fraction of sp³-hybridized carbons (Fsp3) is 0.125. The molecule has 0 aliphatic carbocycles. The Hall–Kier alpha value is -3.42. The van der Waals surface area contributed by atoms with Gasteiger partial charge in [-0.25, -0.2) is 4.79 Å². The fourth-order valence-corrected chi connectivity index (χ4v) is 2.69. The maximum absolute atomic E-state index is 11.6. The average Bonchev–Trinajstić information content (AvgIpc) is 2.98. The van der Waals surface area contributed by atoms with Crippen molar-refractivity contribution in [3.8, 4) is 5.69 Å². The van der Waals surface area contributed by atoms with E-state index < -0.39 is 16.9 Å². The van der Waals surface area contributed by atoms with Crippen LogP contribution in [0.5, 0.6) is 0 Å². The lowest BCUT2D eigenvalue weighted by Gasteiger charge is -2.09. The molecular weight excluding hydrogens is 312 g/mol.